The number of aromatic nitrogens is 2. The average Bonchev–Trinajstić information content (AvgIpc) is 3.12. The number of hydrogen-bond acceptors (Lipinski definition) is 5. The van der Waals surface area contributed by atoms with Gasteiger partial charge < -0.3 is 14.5 Å². The van der Waals surface area contributed by atoms with E-state index in [1.165, 1.54) is 25.7 Å². The van der Waals surface area contributed by atoms with E-state index in [0.717, 1.165) is 18.4 Å². The standard InChI is InChI=1S/C18H25N3O3/c1-3-4-5-6-7-14(2)20-17(22)12-23-16-10-8-15(9-11-16)18-21-19-13-24-18/h8-11,13-14H,3-7,12H2,1-2H3,(H,20,22)/t14-/m1/s1. The van der Waals surface area contributed by atoms with Crippen LogP contribution in [0, 0.1) is 0 Å². The van der Waals surface area contributed by atoms with Crippen LogP contribution in [0.1, 0.15) is 46.0 Å². The van der Waals surface area contributed by atoms with Gasteiger partial charge in [-0.1, -0.05) is 32.6 Å². The summed E-state index contributed by atoms with van der Waals surface area (Å²) in [6, 6.07) is 7.37. The molecule has 1 N–H and O–H groups in total. The van der Waals surface area contributed by atoms with Crippen LogP contribution in [0.15, 0.2) is 35.1 Å². The molecule has 1 aromatic carbocycles. The fourth-order valence-corrected chi connectivity index (χ4v) is 2.41. The van der Waals surface area contributed by atoms with Crippen LogP contribution in [-0.4, -0.2) is 28.8 Å². The molecule has 2 rings (SSSR count). The smallest absolute Gasteiger partial charge is 0.258 e. The summed E-state index contributed by atoms with van der Waals surface area (Å²) >= 11 is 0. The SMILES string of the molecule is CCCCCC[C@@H](C)NC(=O)COc1ccc(-c2nnco2)cc1. The first-order valence-corrected chi connectivity index (χ1v) is 8.47. The van der Waals surface area contributed by atoms with Gasteiger partial charge >= 0.3 is 0 Å². The van der Waals surface area contributed by atoms with Crippen LogP contribution in [0.3, 0.4) is 0 Å². The Hall–Kier alpha value is -2.37. The number of nitrogens with zero attached hydrogens (tertiary/aromatic N) is 2. The fourth-order valence-electron chi connectivity index (χ4n) is 2.41. The van der Waals surface area contributed by atoms with Gasteiger partial charge in [0.2, 0.25) is 12.3 Å². The van der Waals surface area contributed by atoms with Crippen molar-refractivity contribution < 1.29 is 13.9 Å². The van der Waals surface area contributed by atoms with Crippen molar-refractivity contribution >= 4 is 5.91 Å². The summed E-state index contributed by atoms with van der Waals surface area (Å²) in [4.78, 5) is 11.9. The van der Waals surface area contributed by atoms with Gasteiger partial charge in [-0.15, -0.1) is 10.2 Å². The second-order valence-corrected chi connectivity index (χ2v) is 5.87. The van der Waals surface area contributed by atoms with Crippen LogP contribution in [0.5, 0.6) is 5.75 Å². The molecule has 0 aliphatic carbocycles. The summed E-state index contributed by atoms with van der Waals surface area (Å²) < 4.78 is 10.6. The molecule has 6 heteroatoms. The first-order valence-electron chi connectivity index (χ1n) is 8.47. The quantitative estimate of drug-likeness (QED) is 0.673. The minimum Gasteiger partial charge on any atom is -0.484 e. The molecule has 1 aromatic heterocycles. The monoisotopic (exact) mass is 331 g/mol. The Bertz CT molecular complexity index is 596. The van der Waals surface area contributed by atoms with Crippen LogP contribution >= 0.6 is 0 Å². The van der Waals surface area contributed by atoms with Crippen molar-refractivity contribution in [2.45, 2.75) is 52.0 Å². The predicted octanol–water partition coefficient (Wildman–Crippen LogP) is 3.59. The van der Waals surface area contributed by atoms with E-state index in [9.17, 15) is 4.79 Å². The van der Waals surface area contributed by atoms with E-state index in [2.05, 4.69) is 22.4 Å². The molecular weight excluding hydrogens is 306 g/mol. The first-order chi connectivity index (χ1) is 11.7. The molecule has 1 atom stereocenters. The highest BCUT2D eigenvalue weighted by molar-refractivity contribution is 5.77. The molecule has 0 aliphatic heterocycles. The number of rotatable bonds is 10. The van der Waals surface area contributed by atoms with Gasteiger partial charge in [0.25, 0.3) is 5.91 Å². The van der Waals surface area contributed by atoms with Crippen molar-refractivity contribution in [3.63, 3.8) is 0 Å². The van der Waals surface area contributed by atoms with Crippen molar-refractivity contribution in [3.8, 4) is 17.2 Å². The third-order valence-electron chi connectivity index (χ3n) is 3.73. The van der Waals surface area contributed by atoms with Gasteiger partial charge in [-0.2, -0.15) is 0 Å². The number of carbonyl (C=O) groups excluding carboxylic acids is 1. The van der Waals surface area contributed by atoms with Crippen LogP contribution in [-0.2, 0) is 4.79 Å². The molecule has 1 amide bonds. The van der Waals surface area contributed by atoms with Crippen LogP contribution in [0.2, 0.25) is 0 Å². The molecule has 1 heterocycles. The molecule has 0 radical (unpaired) electrons. The molecule has 2 aromatic rings. The van der Waals surface area contributed by atoms with Gasteiger partial charge in [0, 0.05) is 11.6 Å². The minimum absolute atomic E-state index is 0.0131. The highest BCUT2D eigenvalue weighted by Gasteiger charge is 2.08. The molecule has 130 valence electrons. The maximum atomic E-state index is 11.9. The molecule has 6 nitrogen and oxygen atoms in total. The van der Waals surface area contributed by atoms with E-state index in [1.807, 2.05) is 19.1 Å². The zero-order valence-electron chi connectivity index (χ0n) is 14.3. The molecule has 24 heavy (non-hydrogen) atoms. The summed E-state index contributed by atoms with van der Waals surface area (Å²) in [6.45, 7) is 4.24. The average molecular weight is 331 g/mol. The zero-order valence-corrected chi connectivity index (χ0v) is 14.3. The number of ether oxygens (including phenoxy) is 1. The number of carbonyl (C=O) groups is 1. The zero-order chi connectivity index (χ0) is 17.2. The second kappa shape index (κ2) is 9.70. The maximum Gasteiger partial charge on any atom is 0.258 e. The molecule has 0 saturated heterocycles. The van der Waals surface area contributed by atoms with Gasteiger partial charge in [-0.25, -0.2) is 0 Å². The third kappa shape index (κ3) is 6.02. The number of amides is 1. The highest BCUT2D eigenvalue weighted by Crippen LogP contribution is 2.20. The van der Waals surface area contributed by atoms with Gasteiger partial charge in [0.15, 0.2) is 6.61 Å². The van der Waals surface area contributed by atoms with E-state index < -0.39 is 0 Å². The van der Waals surface area contributed by atoms with Crippen LogP contribution in [0.25, 0.3) is 11.5 Å². The summed E-state index contributed by atoms with van der Waals surface area (Å²) in [5, 5.41) is 10.4. The van der Waals surface area contributed by atoms with Crippen molar-refractivity contribution in [3.05, 3.63) is 30.7 Å². The first kappa shape index (κ1) is 18.0. The molecule has 0 saturated carbocycles. The van der Waals surface area contributed by atoms with E-state index in [1.54, 1.807) is 12.1 Å². The van der Waals surface area contributed by atoms with Crippen LogP contribution < -0.4 is 10.1 Å². The van der Waals surface area contributed by atoms with Gasteiger partial charge in [-0.05, 0) is 37.6 Å². The normalized spacial score (nSPS) is 11.9. The van der Waals surface area contributed by atoms with E-state index in [4.69, 9.17) is 9.15 Å². The lowest BCUT2D eigenvalue weighted by atomic mass is 10.1. The lowest BCUT2D eigenvalue weighted by Crippen LogP contribution is -2.36. The van der Waals surface area contributed by atoms with Crippen molar-refractivity contribution in [1.29, 1.82) is 0 Å². The molecule has 0 aliphatic rings. The number of benzene rings is 1. The Morgan fingerprint density at radius 2 is 2.04 bits per heavy atom. The Morgan fingerprint density at radius 1 is 1.25 bits per heavy atom. The molecular formula is C18H25N3O3. The minimum atomic E-state index is -0.0982. The fraction of sp³-hybridized carbons (Fsp3) is 0.500. The van der Waals surface area contributed by atoms with E-state index in [-0.39, 0.29) is 18.6 Å². The van der Waals surface area contributed by atoms with Crippen molar-refractivity contribution in [2.24, 2.45) is 0 Å². The highest BCUT2D eigenvalue weighted by atomic mass is 16.5. The van der Waals surface area contributed by atoms with Gasteiger partial charge in [0.1, 0.15) is 5.75 Å². The van der Waals surface area contributed by atoms with E-state index in [0.29, 0.717) is 11.6 Å². The Labute approximate surface area is 142 Å². The molecule has 0 fully saturated rings. The Kier molecular flexibility index (Phi) is 7.26. The largest absolute Gasteiger partial charge is 0.484 e. The molecule has 0 spiro atoms. The number of hydrogen-bond donors (Lipinski definition) is 1. The molecule has 0 unspecified atom stereocenters. The van der Waals surface area contributed by atoms with Crippen LogP contribution in [0.4, 0.5) is 0 Å². The van der Waals surface area contributed by atoms with Crippen molar-refractivity contribution in [2.75, 3.05) is 6.61 Å². The third-order valence-corrected chi connectivity index (χ3v) is 3.73. The molecule has 0 bridgehead atoms. The maximum absolute atomic E-state index is 11.9. The Balaban J connectivity index is 1.69. The topological polar surface area (TPSA) is 77.2 Å². The predicted molar refractivity (Wildman–Crippen MR) is 91.6 cm³/mol. The van der Waals surface area contributed by atoms with Crippen molar-refractivity contribution in [1.82, 2.24) is 15.5 Å². The summed E-state index contributed by atoms with van der Waals surface area (Å²) in [7, 11) is 0. The summed E-state index contributed by atoms with van der Waals surface area (Å²) in [5.41, 5.74) is 0.810. The number of nitrogens with one attached hydrogen (secondary N) is 1. The number of unbranched alkanes of at least 4 members (excludes halogenated alkanes) is 3. The van der Waals surface area contributed by atoms with Gasteiger partial charge in [-0.3, -0.25) is 4.79 Å². The van der Waals surface area contributed by atoms with E-state index >= 15 is 0 Å². The lowest BCUT2D eigenvalue weighted by molar-refractivity contribution is -0.123. The second-order valence-electron chi connectivity index (χ2n) is 5.87. The van der Waals surface area contributed by atoms with Gasteiger partial charge in [0.05, 0.1) is 0 Å². The summed E-state index contributed by atoms with van der Waals surface area (Å²) in [5.74, 6) is 0.985. The lowest BCUT2D eigenvalue weighted by Gasteiger charge is -2.14. The Morgan fingerprint density at radius 3 is 2.71 bits per heavy atom. The summed E-state index contributed by atoms with van der Waals surface area (Å²) in [6.07, 6.45) is 7.13.